The molecule has 3 rings (SSSR count). The van der Waals surface area contributed by atoms with Crippen LogP contribution in [0.1, 0.15) is 15.9 Å². The van der Waals surface area contributed by atoms with Crippen LogP contribution in [0.15, 0.2) is 65.8 Å². The molecule has 5 nitrogen and oxygen atoms in total. The molecule has 0 heterocycles. The lowest BCUT2D eigenvalue weighted by atomic mass is 10.1. The highest BCUT2D eigenvalue weighted by atomic mass is 16.5. The molecule has 0 saturated heterocycles. The Labute approximate surface area is 145 Å². The van der Waals surface area contributed by atoms with Gasteiger partial charge in [0.15, 0.2) is 0 Å². The maximum atomic E-state index is 12.3. The molecular formula is C20H18N2O3. The Balaban J connectivity index is 1.73. The van der Waals surface area contributed by atoms with Gasteiger partial charge in [0.25, 0.3) is 5.91 Å². The van der Waals surface area contributed by atoms with Crippen molar-refractivity contribution in [1.82, 2.24) is 5.43 Å². The van der Waals surface area contributed by atoms with Crippen molar-refractivity contribution in [2.24, 2.45) is 5.10 Å². The van der Waals surface area contributed by atoms with E-state index in [1.807, 2.05) is 42.5 Å². The Morgan fingerprint density at radius 1 is 0.960 bits per heavy atom. The van der Waals surface area contributed by atoms with Crippen LogP contribution in [0.3, 0.4) is 0 Å². The Morgan fingerprint density at radius 3 is 2.52 bits per heavy atom. The lowest BCUT2D eigenvalue weighted by Crippen LogP contribution is -2.17. The van der Waals surface area contributed by atoms with E-state index in [0.717, 1.165) is 16.3 Å². The summed E-state index contributed by atoms with van der Waals surface area (Å²) >= 11 is 0. The molecule has 0 bridgehead atoms. The average molecular weight is 334 g/mol. The standard InChI is InChI=1S/C20H18N2O3/c1-24-18-10-9-17(19(12-18)25-2)13-21-22-20(23)16-8-7-14-5-3-4-6-15(14)11-16/h3-13H,1-2H3,(H,22,23)/b21-13-. The molecule has 3 aromatic rings. The van der Waals surface area contributed by atoms with E-state index in [4.69, 9.17) is 9.47 Å². The zero-order valence-corrected chi connectivity index (χ0v) is 14.0. The van der Waals surface area contributed by atoms with E-state index in [9.17, 15) is 4.79 Å². The molecule has 0 fully saturated rings. The monoisotopic (exact) mass is 334 g/mol. The second-order valence-corrected chi connectivity index (χ2v) is 5.37. The highest BCUT2D eigenvalue weighted by Crippen LogP contribution is 2.23. The molecule has 3 aromatic carbocycles. The Morgan fingerprint density at radius 2 is 1.76 bits per heavy atom. The number of carbonyl (C=O) groups excluding carboxylic acids is 1. The van der Waals surface area contributed by atoms with Gasteiger partial charge in [-0.25, -0.2) is 5.43 Å². The van der Waals surface area contributed by atoms with E-state index in [2.05, 4.69) is 10.5 Å². The molecule has 0 aliphatic rings. The minimum atomic E-state index is -0.269. The van der Waals surface area contributed by atoms with Gasteiger partial charge >= 0.3 is 0 Å². The van der Waals surface area contributed by atoms with Crippen molar-refractivity contribution in [2.45, 2.75) is 0 Å². The molecule has 0 aliphatic heterocycles. The summed E-state index contributed by atoms with van der Waals surface area (Å²) in [5, 5.41) is 6.12. The number of hydrogen-bond donors (Lipinski definition) is 1. The predicted molar refractivity (Wildman–Crippen MR) is 98.6 cm³/mol. The van der Waals surface area contributed by atoms with E-state index in [-0.39, 0.29) is 5.91 Å². The predicted octanol–water partition coefficient (Wildman–Crippen LogP) is 3.62. The van der Waals surface area contributed by atoms with Crippen molar-refractivity contribution in [3.8, 4) is 11.5 Å². The van der Waals surface area contributed by atoms with Crippen molar-refractivity contribution >= 4 is 22.9 Å². The maximum Gasteiger partial charge on any atom is 0.271 e. The van der Waals surface area contributed by atoms with Crippen LogP contribution in [-0.4, -0.2) is 26.3 Å². The second-order valence-electron chi connectivity index (χ2n) is 5.37. The van der Waals surface area contributed by atoms with Crippen LogP contribution in [0, 0.1) is 0 Å². The number of fused-ring (bicyclic) bond motifs is 1. The summed E-state index contributed by atoms with van der Waals surface area (Å²) in [7, 11) is 3.16. The van der Waals surface area contributed by atoms with Gasteiger partial charge in [-0.1, -0.05) is 30.3 Å². The normalized spacial score (nSPS) is 10.8. The molecule has 1 amide bonds. The van der Waals surface area contributed by atoms with Crippen molar-refractivity contribution in [2.75, 3.05) is 14.2 Å². The molecule has 0 aliphatic carbocycles. The van der Waals surface area contributed by atoms with Crippen molar-refractivity contribution in [3.63, 3.8) is 0 Å². The Hall–Kier alpha value is -3.34. The second kappa shape index (κ2) is 7.49. The van der Waals surface area contributed by atoms with Gasteiger partial charge in [-0.05, 0) is 35.0 Å². The van der Waals surface area contributed by atoms with Crippen LogP contribution in [0.5, 0.6) is 11.5 Å². The summed E-state index contributed by atoms with van der Waals surface area (Å²) < 4.78 is 10.4. The highest BCUT2D eigenvalue weighted by molar-refractivity contribution is 5.99. The topological polar surface area (TPSA) is 59.9 Å². The fourth-order valence-corrected chi connectivity index (χ4v) is 2.48. The summed E-state index contributed by atoms with van der Waals surface area (Å²) in [6.07, 6.45) is 1.54. The molecule has 0 aromatic heterocycles. The summed E-state index contributed by atoms with van der Waals surface area (Å²) in [6, 6.07) is 18.8. The fourth-order valence-electron chi connectivity index (χ4n) is 2.48. The van der Waals surface area contributed by atoms with Crippen LogP contribution < -0.4 is 14.9 Å². The molecule has 126 valence electrons. The molecule has 0 saturated carbocycles. The molecule has 5 heteroatoms. The van der Waals surface area contributed by atoms with Crippen LogP contribution in [0.4, 0.5) is 0 Å². The van der Waals surface area contributed by atoms with E-state index in [0.29, 0.717) is 17.1 Å². The number of carbonyl (C=O) groups is 1. The molecule has 0 unspecified atom stereocenters. The van der Waals surface area contributed by atoms with Crippen LogP contribution >= 0.6 is 0 Å². The lowest BCUT2D eigenvalue weighted by Gasteiger charge is -2.07. The highest BCUT2D eigenvalue weighted by Gasteiger charge is 2.06. The van der Waals surface area contributed by atoms with Gasteiger partial charge in [0, 0.05) is 17.2 Å². The number of benzene rings is 3. The number of amides is 1. The van der Waals surface area contributed by atoms with Crippen molar-refractivity contribution < 1.29 is 14.3 Å². The average Bonchev–Trinajstić information content (AvgIpc) is 2.67. The van der Waals surface area contributed by atoms with Gasteiger partial charge in [0.05, 0.1) is 20.4 Å². The van der Waals surface area contributed by atoms with E-state index in [1.165, 1.54) is 6.21 Å². The van der Waals surface area contributed by atoms with Crippen molar-refractivity contribution in [1.29, 1.82) is 0 Å². The third-order valence-electron chi connectivity index (χ3n) is 3.82. The largest absolute Gasteiger partial charge is 0.497 e. The minimum absolute atomic E-state index is 0.269. The quantitative estimate of drug-likeness (QED) is 0.573. The van der Waals surface area contributed by atoms with Crippen LogP contribution in [0.25, 0.3) is 10.8 Å². The summed E-state index contributed by atoms with van der Waals surface area (Å²) in [4.78, 5) is 12.3. The van der Waals surface area contributed by atoms with Crippen LogP contribution in [0.2, 0.25) is 0 Å². The van der Waals surface area contributed by atoms with Gasteiger partial charge in [-0.3, -0.25) is 4.79 Å². The number of methoxy groups -OCH3 is 2. The van der Waals surface area contributed by atoms with Gasteiger partial charge < -0.3 is 9.47 Å². The lowest BCUT2D eigenvalue weighted by molar-refractivity contribution is 0.0955. The van der Waals surface area contributed by atoms with E-state index in [1.54, 1.807) is 32.4 Å². The molecule has 25 heavy (non-hydrogen) atoms. The summed E-state index contributed by atoms with van der Waals surface area (Å²) in [5.74, 6) is 1.03. The van der Waals surface area contributed by atoms with Crippen molar-refractivity contribution in [3.05, 3.63) is 71.8 Å². The molecule has 0 atom stereocenters. The van der Waals surface area contributed by atoms with E-state index >= 15 is 0 Å². The summed E-state index contributed by atoms with van der Waals surface area (Å²) in [6.45, 7) is 0. The minimum Gasteiger partial charge on any atom is -0.497 e. The van der Waals surface area contributed by atoms with Gasteiger partial charge in [-0.15, -0.1) is 0 Å². The Bertz CT molecular complexity index is 935. The number of nitrogens with zero attached hydrogens (tertiary/aromatic N) is 1. The molecular weight excluding hydrogens is 316 g/mol. The molecule has 1 N–H and O–H groups in total. The first-order valence-electron chi connectivity index (χ1n) is 7.75. The molecule has 0 radical (unpaired) electrons. The third kappa shape index (κ3) is 3.77. The first-order chi connectivity index (χ1) is 12.2. The van der Waals surface area contributed by atoms with Crippen LogP contribution in [-0.2, 0) is 0 Å². The zero-order valence-electron chi connectivity index (χ0n) is 14.0. The molecule has 0 spiro atoms. The third-order valence-corrected chi connectivity index (χ3v) is 3.82. The van der Waals surface area contributed by atoms with E-state index < -0.39 is 0 Å². The Kier molecular flexibility index (Phi) is 4.95. The fraction of sp³-hybridized carbons (Fsp3) is 0.100. The van der Waals surface area contributed by atoms with Gasteiger partial charge in [0.2, 0.25) is 0 Å². The smallest absolute Gasteiger partial charge is 0.271 e. The number of ether oxygens (including phenoxy) is 2. The number of hydrazone groups is 1. The zero-order chi connectivity index (χ0) is 17.6. The number of hydrogen-bond acceptors (Lipinski definition) is 4. The van der Waals surface area contributed by atoms with Gasteiger partial charge in [0.1, 0.15) is 11.5 Å². The summed E-state index contributed by atoms with van der Waals surface area (Å²) in [5.41, 5.74) is 3.83. The SMILES string of the molecule is COc1ccc(/C=N\NC(=O)c2ccc3ccccc3c2)c(OC)c1. The first kappa shape index (κ1) is 16.5. The van der Waals surface area contributed by atoms with Gasteiger partial charge in [-0.2, -0.15) is 5.10 Å². The number of rotatable bonds is 5. The number of nitrogens with one attached hydrogen (secondary N) is 1. The maximum absolute atomic E-state index is 12.3. The first-order valence-corrected chi connectivity index (χ1v) is 7.75.